The highest BCUT2D eigenvalue weighted by molar-refractivity contribution is 9.10. The van der Waals surface area contributed by atoms with E-state index < -0.39 is 0 Å². The standard InChI is InChI=1S/C13H17BrFN/c14-10-6-3-7-11(15)13(10)12(16)8-9-4-1-2-5-9/h3,6-7,9,12H,1-2,4-5,8,16H2. The SMILES string of the molecule is NC(CC1CCCC1)c1c(F)cccc1Br. The number of benzene rings is 1. The van der Waals surface area contributed by atoms with E-state index in [2.05, 4.69) is 15.9 Å². The van der Waals surface area contributed by atoms with Gasteiger partial charge in [-0.3, -0.25) is 0 Å². The zero-order chi connectivity index (χ0) is 11.5. The molecule has 0 radical (unpaired) electrons. The van der Waals surface area contributed by atoms with Gasteiger partial charge < -0.3 is 5.73 Å². The van der Waals surface area contributed by atoms with Crippen LogP contribution in [0.5, 0.6) is 0 Å². The highest BCUT2D eigenvalue weighted by Gasteiger charge is 2.22. The number of rotatable bonds is 3. The smallest absolute Gasteiger partial charge is 0.129 e. The van der Waals surface area contributed by atoms with Gasteiger partial charge in [0.2, 0.25) is 0 Å². The van der Waals surface area contributed by atoms with Crippen molar-refractivity contribution in [3.05, 3.63) is 34.1 Å². The van der Waals surface area contributed by atoms with E-state index in [1.165, 1.54) is 31.7 Å². The van der Waals surface area contributed by atoms with Gasteiger partial charge in [0.15, 0.2) is 0 Å². The Morgan fingerprint density at radius 3 is 2.69 bits per heavy atom. The molecule has 1 aliphatic carbocycles. The Hall–Kier alpha value is -0.410. The van der Waals surface area contributed by atoms with Crippen LogP contribution in [0.2, 0.25) is 0 Å². The average Bonchev–Trinajstić information content (AvgIpc) is 2.70. The molecule has 1 saturated carbocycles. The van der Waals surface area contributed by atoms with Gasteiger partial charge in [0.1, 0.15) is 5.82 Å². The number of halogens is 2. The van der Waals surface area contributed by atoms with Crippen molar-refractivity contribution in [2.45, 2.75) is 38.1 Å². The Kier molecular flexibility index (Phi) is 3.98. The van der Waals surface area contributed by atoms with E-state index in [1.54, 1.807) is 6.07 Å². The average molecular weight is 286 g/mol. The number of nitrogens with two attached hydrogens (primary N) is 1. The lowest BCUT2D eigenvalue weighted by molar-refractivity contribution is 0.439. The zero-order valence-electron chi connectivity index (χ0n) is 9.26. The van der Waals surface area contributed by atoms with Crippen molar-refractivity contribution in [1.82, 2.24) is 0 Å². The second kappa shape index (κ2) is 5.28. The molecule has 1 aromatic rings. The summed E-state index contributed by atoms with van der Waals surface area (Å²) in [5.41, 5.74) is 6.74. The number of hydrogen-bond donors (Lipinski definition) is 1. The first kappa shape index (κ1) is 12.1. The Balaban J connectivity index is 2.10. The van der Waals surface area contributed by atoms with Crippen LogP contribution < -0.4 is 5.73 Å². The lowest BCUT2D eigenvalue weighted by Crippen LogP contribution is -2.16. The lowest BCUT2D eigenvalue weighted by Gasteiger charge is -2.18. The maximum Gasteiger partial charge on any atom is 0.129 e. The summed E-state index contributed by atoms with van der Waals surface area (Å²) in [7, 11) is 0. The molecule has 2 rings (SSSR count). The summed E-state index contributed by atoms with van der Waals surface area (Å²) in [5, 5.41) is 0. The highest BCUT2D eigenvalue weighted by Crippen LogP contribution is 2.34. The molecule has 0 bridgehead atoms. The number of hydrogen-bond acceptors (Lipinski definition) is 1. The van der Waals surface area contributed by atoms with Crippen molar-refractivity contribution in [3.63, 3.8) is 0 Å². The summed E-state index contributed by atoms with van der Waals surface area (Å²) in [6.07, 6.45) is 6.00. The van der Waals surface area contributed by atoms with Gasteiger partial charge in [0, 0.05) is 16.1 Å². The molecular formula is C13H17BrFN. The van der Waals surface area contributed by atoms with Crippen molar-refractivity contribution < 1.29 is 4.39 Å². The molecule has 1 fully saturated rings. The maximum absolute atomic E-state index is 13.7. The van der Waals surface area contributed by atoms with Gasteiger partial charge in [-0.25, -0.2) is 4.39 Å². The molecule has 1 atom stereocenters. The van der Waals surface area contributed by atoms with Crippen molar-refractivity contribution in [3.8, 4) is 0 Å². The minimum atomic E-state index is -0.195. The van der Waals surface area contributed by atoms with Gasteiger partial charge in [-0.2, -0.15) is 0 Å². The summed E-state index contributed by atoms with van der Waals surface area (Å²) in [6, 6.07) is 4.85. The zero-order valence-corrected chi connectivity index (χ0v) is 10.8. The molecule has 0 spiro atoms. The van der Waals surface area contributed by atoms with Gasteiger partial charge in [-0.15, -0.1) is 0 Å². The van der Waals surface area contributed by atoms with Crippen molar-refractivity contribution in [2.24, 2.45) is 11.7 Å². The van der Waals surface area contributed by atoms with Crippen molar-refractivity contribution in [2.75, 3.05) is 0 Å². The van der Waals surface area contributed by atoms with Crippen LogP contribution in [0.15, 0.2) is 22.7 Å². The molecule has 1 aromatic carbocycles. The van der Waals surface area contributed by atoms with Gasteiger partial charge in [0.05, 0.1) is 0 Å². The first-order valence-electron chi connectivity index (χ1n) is 5.88. The monoisotopic (exact) mass is 285 g/mol. The second-order valence-corrected chi connectivity index (χ2v) is 5.48. The quantitative estimate of drug-likeness (QED) is 0.886. The minimum Gasteiger partial charge on any atom is -0.324 e. The van der Waals surface area contributed by atoms with E-state index in [1.807, 2.05) is 6.07 Å². The third-order valence-electron chi connectivity index (χ3n) is 3.43. The molecule has 0 heterocycles. The molecular weight excluding hydrogens is 269 g/mol. The van der Waals surface area contributed by atoms with Gasteiger partial charge in [0.25, 0.3) is 0 Å². The van der Waals surface area contributed by atoms with Crippen molar-refractivity contribution >= 4 is 15.9 Å². The normalized spacial score (nSPS) is 18.9. The topological polar surface area (TPSA) is 26.0 Å². The van der Waals surface area contributed by atoms with Crippen LogP contribution in [-0.2, 0) is 0 Å². The fourth-order valence-electron chi connectivity index (χ4n) is 2.59. The molecule has 1 nitrogen and oxygen atoms in total. The molecule has 0 amide bonds. The predicted octanol–water partition coefficient (Wildman–Crippen LogP) is 4.17. The first-order valence-corrected chi connectivity index (χ1v) is 6.67. The molecule has 2 N–H and O–H groups in total. The highest BCUT2D eigenvalue weighted by atomic mass is 79.9. The third kappa shape index (κ3) is 2.64. The van der Waals surface area contributed by atoms with Crippen LogP contribution in [-0.4, -0.2) is 0 Å². The summed E-state index contributed by atoms with van der Waals surface area (Å²) >= 11 is 3.38. The Morgan fingerprint density at radius 1 is 1.38 bits per heavy atom. The fourth-order valence-corrected chi connectivity index (χ4v) is 3.22. The van der Waals surface area contributed by atoms with E-state index in [-0.39, 0.29) is 11.9 Å². The molecule has 3 heteroatoms. The summed E-state index contributed by atoms with van der Waals surface area (Å²) in [5.74, 6) is 0.487. The predicted molar refractivity (Wildman–Crippen MR) is 67.6 cm³/mol. The molecule has 16 heavy (non-hydrogen) atoms. The molecule has 0 aromatic heterocycles. The largest absolute Gasteiger partial charge is 0.324 e. The Morgan fingerprint density at radius 2 is 2.06 bits per heavy atom. The van der Waals surface area contributed by atoms with E-state index in [9.17, 15) is 4.39 Å². The van der Waals surface area contributed by atoms with Crippen LogP contribution in [0, 0.1) is 11.7 Å². The van der Waals surface area contributed by atoms with Crippen LogP contribution in [0.25, 0.3) is 0 Å². The van der Waals surface area contributed by atoms with Crippen molar-refractivity contribution in [1.29, 1.82) is 0 Å². The van der Waals surface area contributed by atoms with E-state index in [0.717, 1.165) is 10.9 Å². The molecule has 0 aliphatic heterocycles. The summed E-state index contributed by atoms with van der Waals surface area (Å²) < 4.78 is 14.5. The molecule has 1 aliphatic rings. The summed E-state index contributed by atoms with van der Waals surface area (Å²) in [4.78, 5) is 0. The maximum atomic E-state index is 13.7. The fraction of sp³-hybridized carbons (Fsp3) is 0.538. The molecule has 0 saturated heterocycles. The van der Waals surface area contributed by atoms with Gasteiger partial charge >= 0.3 is 0 Å². The second-order valence-electron chi connectivity index (χ2n) is 4.63. The van der Waals surface area contributed by atoms with Gasteiger partial charge in [-0.1, -0.05) is 47.7 Å². The van der Waals surface area contributed by atoms with Crippen LogP contribution in [0.1, 0.15) is 43.7 Å². The van der Waals surface area contributed by atoms with E-state index in [0.29, 0.717) is 11.5 Å². The minimum absolute atomic E-state index is 0.182. The summed E-state index contributed by atoms with van der Waals surface area (Å²) in [6.45, 7) is 0. The molecule has 88 valence electrons. The Labute approximate surface area is 104 Å². The van der Waals surface area contributed by atoms with E-state index in [4.69, 9.17) is 5.73 Å². The van der Waals surface area contributed by atoms with Crippen LogP contribution >= 0.6 is 15.9 Å². The van der Waals surface area contributed by atoms with Gasteiger partial charge in [-0.05, 0) is 24.5 Å². The van der Waals surface area contributed by atoms with E-state index >= 15 is 0 Å². The Bertz CT molecular complexity index is 341. The third-order valence-corrected chi connectivity index (χ3v) is 4.12. The van der Waals surface area contributed by atoms with Crippen LogP contribution in [0.3, 0.4) is 0 Å². The molecule has 1 unspecified atom stereocenters. The first-order chi connectivity index (χ1) is 7.68. The van der Waals surface area contributed by atoms with Crippen LogP contribution in [0.4, 0.5) is 4.39 Å². The lowest BCUT2D eigenvalue weighted by atomic mass is 9.94.